The lowest BCUT2D eigenvalue weighted by molar-refractivity contribution is 0.0786. The third-order valence-corrected chi connectivity index (χ3v) is 3.20. The summed E-state index contributed by atoms with van der Waals surface area (Å²) in [6.07, 6.45) is -0.178. The van der Waals surface area contributed by atoms with E-state index in [1.165, 1.54) is 12.1 Å². The van der Waals surface area contributed by atoms with Gasteiger partial charge in [0.1, 0.15) is 17.2 Å². The topological polar surface area (TPSA) is 69.9 Å². The fraction of sp³-hybridized carbons (Fsp3) is 0.231. The second kappa shape index (κ2) is 3.28. The molecule has 0 radical (unpaired) electrons. The van der Waals surface area contributed by atoms with E-state index in [0.717, 1.165) is 11.1 Å². The Morgan fingerprint density at radius 2 is 1.94 bits per heavy atom. The Morgan fingerprint density at radius 1 is 1.18 bits per heavy atom. The number of aromatic hydroxyl groups is 3. The van der Waals surface area contributed by atoms with Crippen LogP contribution in [0.2, 0.25) is 0 Å². The summed E-state index contributed by atoms with van der Waals surface area (Å²) in [5.74, 6) is -0.110. The van der Waals surface area contributed by atoms with Crippen LogP contribution in [0.3, 0.4) is 0 Å². The fourth-order valence-electron chi connectivity index (χ4n) is 2.43. The molecular weight excluding hydrogens is 220 g/mol. The Balaban J connectivity index is 2.44. The molecule has 1 atom stereocenters. The molecule has 4 nitrogen and oxygen atoms in total. The normalized spacial score (nSPS) is 18.5. The van der Waals surface area contributed by atoms with Gasteiger partial charge in [-0.2, -0.15) is 0 Å². The van der Waals surface area contributed by atoms with Crippen molar-refractivity contribution >= 4 is 10.8 Å². The highest BCUT2D eigenvalue weighted by Crippen LogP contribution is 2.45. The first kappa shape index (κ1) is 10.2. The summed E-state index contributed by atoms with van der Waals surface area (Å²) in [7, 11) is 0. The van der Waals surface area contributed by atoms with E-state index in [4.69, 9.17) is 4.74 Å². The minimum absolute atomic E-state index is 0.0266. The van der Waals surface area contributed by atoms with Gasteiger partial charge in [0.15, 0.2) is 0 Å². The van der Waals surface area contributed by atoms with Gasteiger partial charge in [0.05, 0.1) is 18.1 Å². The molecule has 1 heterocycles. The molecular formula is C13H12O4. The van der Waals surface area contributed by atoms with Crippen molar-refractivity contribution in [1.29, 1.82) is 0 Å². The van der Waals surface area contributed by atoms with Gasteiger partial charge >= 0.3 is 0 Å². The van der Waals surface area contributed by atoms with Crippen molar-refractivity contribution in [2.24, 2.45) is 0 Å². The van der Waals surface area contributed by atoms with E-state index >= 15 is 0 Å². The average molecular weight is 232 g/mol. The van der Waals surface area contributed by atoms with Gasteiger partial charge in [0.25, 0.3) is 0 Å². The molecule has 0 aromatic heterocycles. The number of phenols is 3. The maximum Gasteiger partial charge on any atom is 0.133 e. The van der Waals surface area contributed by atoms with E-state index in [2.05, 4.69) is 0 Å². The van der Waals surface area contributed by atoms with Crippen molar-refractivity contribution in [2.75, 3.05) is 0 Å². The maximum atomic E-state index is 10.2. The molecule has 0 spiro atoms. The first-order chi connectivity index (χ1) is 8.08. The minimum atomic E-state index is -0.178. The second-order valence-electron chi connectivity index (χ2n) is 4.31. The highest BCUT2D eigenvalue weighted by atomic mass is 16.5. The molecule has 2 aromatic carbocycles. The maximum absolute atomic E-state index is 10.2. The Bertz CT molecular complexity index is 619. The molecule has 0 aliphatic carbocycles. The summed E-state index contributed by atoms with van der Waals surface area (Å²) in [6, 6.07) is 4.56. The van der Waals surface area contributed by atoms with Crippen LogP contribution >= 0.6 is 0 Å². The molecule has 0 amide bonds. The first-order valence-electron chi connectivity index (χ1n) is 5.40. The molecule has 1 aliphatic heterocycles. The van der Waals surface area contributed by atoms with Gasteiger partial charge in [-0.25, -0.2) is 0 Å². The Morgan fingerprint density at radius 3 is 2.71 bits per heavy atom. The monoisotopic (exact) mass is 232 g/mol. The van der Waals surface area contributed by atoms with Crippen LogP contribution in [0.15, 0.2) is 18.2 Å². The quantitative estimate of drug-likeness (QED) is 0.652. The molecule has 88 valence electrons. The molecule has 3 rings (SSSR count). The van der Waals surface area contributed by atoms with Crippen LogP contribution in [0.1, 0.15) is 24.2 Å². The number of rotatable bonds is 0. The third-order valence-electron chi connectivity index (χ3n) is 3.20. The number of ether oxygens (including phenoxy) is 1. The highest BCUT2D eigenvalue weighted by molar-refractivity contribution is 5.96. The number of benzene rings is 2. The Kier molecular flexibility index (Phi) is 1.97. The molecule has 3 N–H and O–H groups in total. The summed E-state index contributed by atoms with van der Waals surface area (Å²) in [5, 5.41) is 30.4. The predicted molar refractivity (Wildman–Crippen MR) is 62.1 cm³/mol. The van der Waals surface area contributed by atoms with Crippen LogP contribution in [-0.4, -0.2) is 15.3 Å². The number of fused-ring (bicyclic) bond motifs is 2. The zero-order valence-corrected chi connectivity index (χ0v) is 9.27. The van der Waals surface area contributed by atoms with Crippen LogP contribution in [0, 0.1) is 0 Å². The molecule has 0 bridgehead atoms. The lowest BCUT2D eigenvalue weighted by Gasteiger charge is -2.11. The summed E-state index contributed by atoms with van der Waals surface area (Å²) in [4.78, 5) is 0. The number of hydrogen-bond acceptors (Lipinski definition) is 4. The van der Waals surface area contributed by atoms with Gasteiger partial charge in [0.2, 0.25) is 0 Å². The predicted octanol–water partition coefficient (Wildman–Crippen LogP) is 2.55. The average Bonchev–Trinajstić information content (AvgIpc) is 2.59. The lowest BCUT2D eigenvalue weighted by Crippen LogP contribution is -1.90. The van der Waals surface area contributed by atoms with Crippen molar-refractivity contribution in [3.05, 3.63) is 29.3 Å². The summed E-state index contributed by atoms with van der Waals surface area (Å²) in [6.45, 7) is 2.30. The summed E-state index contributed by atoms with van der Waals surface area (Å²) in [5.41, 5.74) is 1.62. The zero-order chi connectivity index (χ0) is 12.2. The molecule has 2 aromatic rings. The molecule has 1 aliphatic rings. The van der Waals surface area contributed by atoms with Crippen LogP contribution in [0.25, 0.3) is 10.8 Å². The van der Waals surface area contributed by atoms with Crippen molar-refractivity contribution in [3.8, 4) is 17.2 Å². The van der Waals surface area contributed by atoms with E-state index in [-0.39, 0.29) is 23.4 Å². The number of phenolic OH excluding ortho intramolecular Hbond substituents is 3. The molecule has 1 unspecified atom stereocenters. The van der Waals surface area contributed by atoms with Crippen LogP contribution in [0.4, 0.5) is 0 Å². The van der Waals surface area contributed by atoms with E-state index in [1.807, 2.05) is 13.0 Å². The summed E-state index contributed by atoms with van der Waals surface area (Å²) >= 11 is 0. The molecule has 4 heteroatoms. The van der Waals surface area contributed by atoms with Gasteiger partial charge in [-0.1, -0.05) is 0 Å². The first-order valence-corrected chi connectivity index (χ1v) is 5.40. The molecule has 0 saturated carbocycles. The van der Waals surface area contributed by atoms with Gasteiger partial charge in [-0.15, -0.1) is 0 Å². The third kappa shape index (κ3) is 1.34. The van der Waals surface area contributed by atoms with E-state index in [9.17, 15) is 15.3 Å². The SMILES string of the molecule is CC1OCc2cc3cc(O)cc(O)c3c(O)c21. The van der Waals surface area contributed by atoms with Crippen molar-refractivity contribution < 1.29 is 20.1 Å². The standard InChI is InChI=1S/C13H12O4/c1-6-11-8(5-17-6)2-7-3-9(14)4-10(15)12(7)13(11)16/h2-4,6,14-16H,5H2,1H3. The van der Waals surface area contributed by atoms with Crippen LogP contribution < -0.4 is 0 Å². The largest absolute Gasteiger partial charge is 0.508 e. The fourth-order valence-corrected chi connectivity index (χ4v) is 2.43. The van der Waals surface area contributed by atoms with Crippen molar-refractivity contribution in [3.63, 3.8) is 0 Å². The van der Waals surface area contributed by atoms with Crippen LogP contribution in [0.5, 0.6) is 17.2 Å². The van der Waals surface area contributed by atoms with Crippen molar-refractivity contribution in [1.82, 2.24) is 0 Å². The van der Waals surface area contributed by atoms with E-state index in [1.54, 1.807) is 0 Å². The molecule has 0 saturated heterocycles. The van der Waals surface area contributed by atoms with Crippen molar-refractivity contribution in [2.45, 2.75) is 19.6 Å². The van der Waals surface area contributed by atoms with Gasteiger partial charge < -0.3 is 20.1 Å². The second-order valence-corrected chi connectivity index (χ2v) is 4.31. The highest BCUT2D eigenvalue weighted by Gasteiger charge is 2.25. The Labute approximate surface area is 97.7 Å². The lowest BCUT2D eigenvalue weighted by atomic mass is 9.97. The molecule has 17 heavy (non-hydrogen) atoms. The van der Waals surface area contributed by atoms with E-state index < -0.39 is 0 Å². The van der Waals surface area contributed by atoms with E-state index in [0.29, 0.717) is 17.4 Å². The molecule has 0 fully saturated rings. The number of hydrogen-bond donors (Lipinski definition) is 3. The summed E-state index contributed by atoms with van der Waals surface area (Å²) < 4.78 is 5.44. The van der Waals surface area contributed by atoms with Gasteiger partial charge in [-0.05, 0) is 30.0 Å². The van der Waals surface area contributed by atoms with Crippen LogP contribution in [-0.2, 0) is 11.3 Å². The Hall–Kier alpha value is -1.94. The van der Waals surface area contributed by atoms with Gasteiger partial charge in [-0.3, -0.25) is 0 Å². The smallest absolute Gasteiger partial charge is 0.133 e. The zero-order valence-electron chi connectivity index (χ0n) is 9.27. The minimum Gasteiger partial charge on any atom is -0.508 e. The van der Waals surface area contributed by atoms with Gasteiger partial charge in [0, 0.05) is 11.6 Å².